The molecule has 0 bridgehead atoms. The highest BCUT2D eigenvalue weighted by molar-refractivity contribution is 9.08. The summed E-state index contributed by atoms with van der Waals surface area (Å²) in [6.45, 7) is 0.222. The normalized spacial score (nSPS) is 13.8. The molecular formula is C13H9BrCl2N2O2. The van der Waals surface area contributed by atoms with Gasteiger partial charge in [-0.25, -0.2) is 4.68 Å². The predicted molar refractivity (Wildman–Crippen MR) is 81.2 cm³/mol. The van der Waals surface area contributed by atoms with Crippen LogP contribution in [-0.4, -0.2) is 16.6 Å². The molecule has 1 aliphatic rings. The first-order chi connectivity index (χ1) is 9.69. The second kappa shape index (κ2) is 5.68. The van der Waals surface area contributed by atoms with Gasteiger partial charge in [0.05, 0.1) is 22.0 Å². The number of alkyl halides is 1. The molecule has 0 unspecified atom stereocenters. The lowest BCUT2D eigenvalue weighted by Gasteiger charge is -2.04. The molecule has 1 aliphatic heterocycles. The Morgan fingerprint density at radius 1 is 1.35 bits per heavy atom. The summed E-state index contributed by atoms with van der Waals surface area (Å²) >= 11 is 15.6. The van der Waals surface area contributed by atoms with Crippen LogP contribution in [0.3, 0.4) is 0 Å². The molecule has 0 aliphatic carbocycles. The van der Waals surface area contributed by atoms with E-state index in [2.05, 4.69) is 21.0 Å². The van der Waals surface area contributed by atoms with E-state index >= 15 is 0 Å². The van der Waals surface area contributed by atoms with E-state index in [1.54, 1.807) is 29.1 Å². The zero-order chi connectivity index (χ0) is 14.1. The fraction of sp³-hybridized carbons (Fsp3) is 0.154. The van der Waals surface area contributed by atoms with Crippen molar-refractivity contribution in [1.29, 1.82) is 0 Å². The number of aromatic nitrogens is 2. The summed E-state index contributed by atoms with van der Waals surface area (Å²) in [6, 6.07) is 5.24. The van der Waals surface area contributed by atoms with Crippen molar-refractivity contribution < 1.29 is 9.47 Å². The lowest BCUT2D eigenvalue weighted by molar-refractivity contribution is 0.100. The number of hydrogen-bond donors (Lipinski definition) is 0. The van der Waals surface area contributed by atoms with Crippen LogP contribution in [0.1, 0.15) is 11.3 Å². The minimum absolute atomic E-state index is 0.222. The number of benzene rings is 1. The molecule has 0 radical (unpaired) electrons. The summed E-state index contributed by atoms with van der Waals surface area (Å²) in [6.07, 6.45) is 3.42. The fourth-order valence-electron chi connectivity index (χ4n) is 1.88. The SMILES string of the molecule is Clc1ccc(Cl)c(-n2cc(C3=COCO3)c(CBr)n2)c1. The molecule has 0 fully saturated rings. The van der Waals surface area contributed by atoms with E-state index < -0.39 is 0 Å². The summed E-state index contributed by atoms with van der Waals surface area (Å²) in [5.74, 6) is 0.656. The Morgan fingerprint density at radius 3 is 2.90 bits per heavy atom. The van der Waals surface area contributed by atoms with E-state index in [0.29, 0.717) is 26.8 Å². The minimum atomic E-state index is 0.222. The first-order valence-electron chi connectivity index (χ1n) is 5.74. The van der Waals surface area contributed by atoms with Crippen LogP contribution in [0.2, 0.25) is 10.0 Å². The number of halogens is 3. The van der Waals surface area contributed by atoms with Gasteiger partial charge in [-0.1, -0.05) is 39.1 Å². The maximum Gasteiger partial charge on any atom is 0.230 e. The molecule has 0 spiro atoms. The molecule has 4 nitrogen and oxygen atoms in total. The average Bonchev–Trinajstić information content (AvgIpc) is 3.09. The molecule has 0 atom stereocenters. The molecule has 2 aromatic rings. The molecule has 104 valence electrons. The molecule has 7 heteroatoms. The summed E-state index contributed by atoms with van der Waals surface area (Å²) in [5, 5.41) is 6.26. The van der Waals surface area contributed by atoms with E-state index in [4.69, 9.17) is 32.7 Å². The van der Waals surface area contributed by atoms with Crippen molar-refractivity contribution in [2.45, 2.75) is 5.33 Å². The van der Waals surface area contributed by atoms with Crippen LogP contribution in [0.25, 0.3) is 11.4 Å². The van der Waals surface area contributed by atoms with E-state index in [1.807, 2.05) is 6.20 Å². The highest BCUT2D eigenvalue weighted by Gasteiger charge is 2.18. The lowest BCUT2D eigenvalue weighted by atomic mass is 10.2. The van der Waals surface area contributed by atoms with E-state index in [0.717, 1.165) is 11.3 Å². The van der Waals surface area contributed by atoms with Gasteiger partial charge in [-0.15, -0.1) is 0 Å². The van der Waals surface area contributed by atoms with Gasteiger partial charge in [-0.3, -0.25) is 0 Å². The Bertz CT molecular complexity index is 685. The third kappa shape index (κ3) is 2.53. The molecular weight excluding hydrogens is 367 g/mol. The van der Waals surface area contributed by atoms with Crippen LogP contribution in [0.5, 0.6) is 0 Å². The molecule has 20 heavy (non-hydrogen) atoms. The molecule has 1 aromatic carbocycles. The van der Waals surface area contributed by atoms with Gasteiger partial charge < -0.3 is 9.47 Å². The third-order valence-corrected chi connectivity index (χ3v) is 3.90. The number of rotatable bonds is 3. The largest absolute Gasteiger partial charge is 0.461 e. The monoisotopic (exact) mass is 374 g/mol. The lowest BCUT2D eigenvalue weighted by Crippen LogP contribution is -1.96. The van der Waals surface area contributed by atoms with Crippen molar-refractivity contribution in [2.24, 2.45) is 0 Å². The van der Waals surface area contributed by atoms with Crippen LogP contribution in [-0.2, 0) is 14.8 Å². The molecule has 2 heterocycles. The van der Waals surface area contributed by atoms with Gasteiger partial charge >= 0.3 is 0 Å². The molecule has 0 N–H and O–H groups in total. The van der Waals surface area contributed by atoms with Gasteiger partial charge in [0, 0.05) is 16.5 Å². The first kappa shape index (κ1) is 13.8. The van der Waals surface area contributed by atoms with Crippen molar-refractivity contribution in [2.75, 3.05) is 6.79 Å². The first-order valence-corrected chi connectivity index (χ1v) is 7.61. The zero-order valence-electron chi connectivity index (χ0n) is 10.1. The molecule has 0 amide bonds. The van der Waals surface area contributed by atoms with Gasteiger partial charge in [0.15, 0.2) is 5.76 Å². The van der Waals surface area contributed by atoms with Gasteiger partial charge in [0.2, 0.25) is 6.79 Å². The van der Waals surface area contributed by atoms with Crippen LogP contribution < -0.4 is 0 Å². The Hall–Kier alpha value is -1.17. The molecule has 0 saturated heterocycles. The molecule has 1 aromatic heterocycles. The Kier molecular flexibility index (Phi) is 3.92. The Labute approximate surface area is 134 Å². The maximum atomic E-state index is 6.19. The van der Waals surface area contributed by atoms with Crippen molar-refractivity contribution >= 4 is 44.9 Å². The molecule has 0 saturated carbocycles. The number of hydrogen-bond acceptors (Lipinski definition) is 3. The molecule has 3 rings (SSSR count). The van der Waals surface area contributed by atoms with Gasteiger partial charge in [0.25, 0.3) is 0 Å². The summed E-state index contributed by atoms with van der Waals surface area (Å²) in [4.78, 5) is 0. The fourth-order valence-corrected chi connectivity index (χ4v) is 2.67. The highest BCUT2D eigenvalue weighted by atomic mass is 79.9. The van der Waals surface area contributed by atoms with Crippen LogP contribution >= 0.6 is 39.1 Å². The second-order valence-electron chi connectivity index (χ2n) is 4.07. The van der Waals surface area contributed by atoms with Crippen molar-refractivity contribution in [3.05, 3.63) is 52.0 Å². The van der Waals surface area contributed by atoms with Crippen molar-refractivity contribution in [3.63, 3.8) is 0 Å². The van der Waals surface area contributed by atoms with E-state index in [9.17, 15) is 0 Å². The summed E-state index contributed by atoms with van der Waals surface area (Å²) in [7, 11) is 0. The van der Waals surface area contributed by atoms with Gasteiger partial charge in [-0.2, -0.15) is 5.10 Å². The quantitative estimate of drug-likeness (QED) is 0.747. The Balaban J connectivity index is 2.09. The Morgan fingerprint density at radius 2 is 2.20 bits per heavy atom. The maximum absolute atomic E-state index is 6.19. The highest BCUT2D eigenvalue weighted by Crippen LogP contribution is 2.29. The standard InChI is InChI=1S/C13H9BrCl2N2O2/c14-4-11-9(13-6-19-7-20-13)5-18(17-11)12-3-8(15)1-2-10(12)16/h1-3,5-6H,4,7H2. The second-order valence-corrected chi connectivity index (χ2v) is 5.48. The summed E-state index contributed by atoms with van der Waals surface area (Å²) in [5.41, 5.74) is 2.40. The predicted octanol–water partition coefficient (Wildman–Crippen LogP) is 4.38. The third-order valence-electron chi connectivity index (χ3n) is 2.81. The van der Waals surface area contributed by atoms with Gasteiger partial charge in [-0.05, 0) is 18.2 Å². The summed E-state index contributed by atoms with van der Waals surface area (Å²) < 4.78 is 12.2. The van der Waals surface area contributed by atoms with Crippen LogP contribution in [0, 0.1) is 0 Å². The van der Waals surface area contributed by atoms with Crippen molar-refractivity contribution in [3.8, 4) is 5.69 Å². The van der Waals surface area contributed by atoms with E-state index in [1.165, 1.54) is 0 Å². The topological polar surface area (TPSA) is 36.3 Å². The van der Waals surface area contributed by atoms with E-state index in [-0.39, 0.29) is 6.79 Å². The van der Waals surface area contributed by atoms with Gasteiger partial charge in [0.1, 0.15) is 6.26 Å². The number of nitrogens with zero attached hydrogens (tertiary/aromatic N) is 2. The number of ether oxygens (including phenoxy) is 2. The van der Waals surface area contributed by atoms with Crippen LogP contribution in [0.4, 0.5) is 0 Å². The smallest absolute Gasteiger partial charge is 0.230 e. The van der Waals surface area contributed by atoms with Crippen molar-refractivity contribution in [1.82, 2.24) is 9.78 Å². The zero-order valence-corrected chi connectivity index (χ0v) is 13.2. The van der Waals surface area contributed by atoms with Crippen LogP contribution in [0.15, 0.2) is 30.7 Å². The average molecular weight is 376 g/mol. The minimum Gasteiger partial charge on any atom is -0.461 e.